The molecule has 6 heteroatoms. The van der Waals surface area contributed by atoms with Gasteiger partial charge in [0.15, 0.2) is 0 Å². The summed E-state index contributed by atoms with van der Waals surface area (Å²) in [5.41, 5.74) is 0.0917. The van der Waals surface area contributed by atoms with E-state index >= 15 is 0 Å². The highest BCUT2D eigenvalue weighted by Crippen LogP contribution is 1.85. The first-order valence-corrected chi connectivity index (χ1v) is 3.88. The first kappa shape index (κ1) is 9.12. The van der Waals surface area contributed by atoms with Crippen LogP contribution >= 0.6 is 0 Å². The van der Waals surface area contributed by atoms with Crippen molar-refractivity contribution in [3.05, 3.63) is 12.2 Å². The number of hydrogen-bond donors (Lipinski definition) is 2. The SMILES string of the molecule is C=C(C)C(=O)NS(N)(=O)=O. The van der Waals surface area contributed by atoms with Gasteiger partial charge in [0.1, 0.15) is 0 Å². The van der Waals surface area contributed by atoms with Crippen LogP contribution in [-0.4, -0.2) is 14.3 Å². The molecule has 0 bridgehead atoms. The minimum atomic E-state index is -3.93. The molecule has 0 heterocycles. The molecule has 0 rings (SSSR count). The molecule has 5 nitrogen and oxygen atoms in total. The van der Waals surface area contributed by atoms with Crippen LogP contribution in [-0.2, 0) is 15.0 Å². The fourth-order valence-corrected chi connectivity index (χ4v) is 0.649. The van der Waals surface area contributed by atoms with Gasteiger partial charge in [-0.3, -0.25) is 4.79 Å². The van der Waals surface area contributed by atoms with Crippen LogP contribution in [0.1, 0.15) is 6.92 Å². The van der Waals surface area contributed by atoms with Crippen LogP contribution in [0.25, 0.3) is 0 Å². The number of nitrogens with two attached hydrogens (primary N) is 1. The van der Waals surface area contributed by atoms with Gasteiger partial charge in [0.25, 0.3) is 16.1 Å². The van der Waals surface area contributed by atoms with Gasteiger partial charge in [0.05, 0.1) is 0 Å². The van der Waals surface area contributed by atoms with Gasteiger partial charge in [-0.2, -0.15) is 8.42 Å². The van der Waals surface area contributed by atoms with Gasteiger partial charge >= 0.3 is 0 Å². The van der Waals surface area contributed by atoms with E-state index < -0.39 is 16.1 Å². The molecule has 58 valence electrons. The average molecular weight is 164 g/mol. The molecule has 0 aromatic rings. The Balaban J connectivity index is 4.21. The van der Waals surface area contributed by atoms with Crippen LogP contribution in [0.15, 0.2) is 12.2 Å². The fraction of sp³-hybridized carbons (Fsp3) is 0.250. The molecule has 0 aliphatic carbocycles. The van der Waals surface area contributed by atoms with E-state index in [1.54, 1.807) is 0 Å². The van der Waals surface area contributed by atoms with Gasteiger partial charge in [-0.1, -0.05) is 6.58 Å². The van der Waals surface area contributed by atoms with Gasteiger partial charge in [-0.15, -0.1) is 0 Å². The second-order valence-corrected chi connectivity index (χ2v) is 3.05. The molecule has 0 spiro atoms. The average Bonchev–Trinajstić information content (AvgIpc) is 1.60. The van der Waals surface area contributed by atoms with Crippen LogP contribution in [0.2, 0.25) is 0 Å². The smallest absolute Gasteiger partial charge is 0.269 e. The lowest BCUT2D eigenvalue weighted by Crippen LogP contribution is -2.36. The van der Waals surface area contributed by atoms with Crippen molar-refractivity contribution >= 4 is 16.1 Å². The van der Waals surface area contributed by atoms with Gasteiger partial charge in [0.2, 0.25) is 0 Å². The number of amides is 1. The van der Waals surface area contributed by atoms with E-state index in [4.69, 9.17) is 0 Å². The Bertz CT molecular complexity index is 254. The first-order valence-electron chi connectivity index (χ1n) is 2.33. The highest BCUT2D eigenvalue weighted by molar-refractivity contribution is 7.87. The summed E-state index contributed by atoms with van der Waals surface area (Å²) < 4.78 is 21.8. The van der Waals surface area contributed by atoms with Gasteiger partial charge in [-0.05, 0) is 6.92 Å². The minimum absolute atomic E-state index is 0.0917. The van der Waals surface area contributed by atoms with Gasteiger partial charge in [0, 0.05) is 5.57 Å². The highest BCUT2D eigenvalue weighted by atomic mass is 32.2. The van der Waals surface area contributed by atoms with E-state index in [-0.39, 0.29) is 5.57 Å². The van der Waals surface area contributed by atoms with E-state index in [1.165, 1.54) is 11.6 Å². The van der Waals surface area contributed by atoms with Crippen LogP contribution in [0.3, 0.4) is 0 Å². The van der Waals surface area contributed by atoms with Gasteiger partial charge in [-0.25, -0.2) is 9.86 Å². The minimum Gasteiger partial charge on any atom is -0.269 e. The van der Waals surface area contributed by atoms with Crippen molar-refractivity contribution < 1.29 is 13.2 Å². The zero-order chi connectivity index (χ0) is 8.36. The summed E-state index contributed by atoms with van der Waals surface area (Å²) in [5, 5.41) is 4.47. The maximum Gasteiger partial charge on any atom is 0.298 e. The number of nitrogens with one attached hydrogen (secondary N) is 1. The molecule has 0 atom stereocenters. The molecular formula is C4H8N2O3S. The Morgan fingerprint density at radius 2 is 2.00 bits per heavy atom. The lowest BCUT2D eigenvalue weighted by atomic mass is 10.3. The van der Waals surface area contributed by atoms with E-state index in [2.05, 4.69) is 11.7 Å². The predicted molar refractivity (Wildman–Crippen MR) is 36.1 cm³/mol. The summed E-state index contributed by atoms with van der Waals surface area (Å²) in [5.74, 6) is -0.789. The fourth-order valence-electron chi connectivity index (χ4n) is 0.216. The van der Waals surface area contributed by atoms with E-state index in [1.807, 2.05) is 0 Å². The highest BCUT2D eigenvalue weighted by Gasteiger charge is 2.07. The molecule has 1 amide bonds. The van der Waals surface area contributed by atoms with Crippen LogP contribution < -0.4 is 9.86 Å². The molecule has 0 saturated heterocycles. The Morgan fingerprint density at radius 1 is 1.60 bits per heavy atom. The van der Waals surface area contributed by atoms with Crippen molar-refractivity contribution in [3.8, 4) is 0 Å². The molecular weight excluding hydrogens is 156 g/mol. The summed E-state index contributed by atoms with van der Waals surface area (Å²) in [7, 11) is -3.93. The summed E-state index contributed by atoms with van der Waals surface area (Å²) >= 11 is 0. The lowest BCUT2D eigenvalue weighted by Gasteiger charge is -1.98. The maximum absolute atomic E-state index is 10.5. The van der Waals surface area contributed by atoms with Crippen molar-refractivity contribution in [2.24, 2.45) is 5.14 Å². The van der Waals surface area contributed by atoms with Crippen molar-refractivity contribution in [1.82, 2.24) is 4.72 Å². The van der Waals surface area contributed by atoms with Crippen molar-refractivity contribution in [3.63, 3.8) is 0 Å². The van der Waals surface area contributed by atoms with E-state index in [9.17, 15) is 13.2 Å². The molecule has 0 unspecified atom stereocenters. The van der Waals surface area contributed by atoms with Crippen molar-refractivity contribution in [1.29, 1.82) is 0 Å². The molecule has 10 heavy (non-hydrogen) atoms. The molecule has 0 radical (unpaired) electrons. The maximum atomic E-state index is 10.5. The molecule has 0 aliphatic rings. The predicted octanol–water partition coefficient (Wildman–Crippen LogP) is -1.12. The summed E-state index contributed by atoms with van der Waals surface area (Å²) in [6.07, 6.45) is 0. The first-order chi connectivity index (χ1) is 4.33. The second-order valence-electron chi connectivity index (χ2n) is 1.76. The number of rotatable bonds is 2. The third-order valence-corrected chi connectivity index (χ3v) is 1.09. The monoisotopic (exact) mass is 164 g/mol. The third-order valence-electron chi connectivity index (χ3n) is 0.623. The van der Waals surface area contributed by atoms with Crippen molar-refractivity contribution in [2.75, 3.05) is 0 Å². The molecule has 0 aromatic heterocycles. The molecule has 0 aromatic carbocycles. The quantitative estimate of drug-likeness (QED) is 0.507. The largest absolute Gasteiger partial charge is 0.298 e. The molecule has 0 fully saturated rings. The Kier molecular flexibility index (Phi) is 2.56. The van der Waals surface area contributed by atoms with Crippen LogP contribution in [0.5, 0.6) is 0 Å². The standard InChI is InChI=1S/C4H8N2O3S/c1-3(2)4(7)6-10(5,8)9/h1H2,2H3,(H,6,7)(H2,5,8,9). The summed E-state index contributed by atoms with van der Waals surface area (Å²) in [6, 6.07) is 0. The Morgan fingerprint density at radius 3 is 2.10 bits per heavy atom. The Labute approximate surface area is 59.1 Å². The third kappa shape index (κ3) is 4.04. The summed E-state index contributed by atoms with van der Waals surface area (Å²) in [6.45, 7) is 4.58. The number of carbonyl (C=O) groups is 1. The molecule has 0 aliphatic heterocycles. The molecule has 0 saturated carbocycles. The second kappa shape index (κ2) is 2.80. The number of hydrogen-bond acceptors (Lipinski definition) is 3. The van der Waals surface area contributed by atoms with E-state index in [0.29, 0.717) is 0 Å². The topological polar surface area (TPSA) is 89.3 Å². The van der Waals surface area contributed by atoms with E-state index in [0.717, 1.165) is 0 Å². The van der Waals surface area contributed by atoms with Crippen LogP contribution in [0, 0.1) is 0 Å². The van der Waals surface area contributed by atoms with Crippen molar-refractivity contribution in [2.45, 2.75) is 6.92 Å². The zero-order valence-corrected chi connectivity index (χ0v) is 6.23. The number of carbonyl (C=O) groups excluding carboxylic acids is 1. The summed E-state index contributed by atoms with van der Waals surface area (Å²) in [4.78, 5) is 10.5. The Hall–Kier alpha value is -0.880. The van der Waals surface area contributed by atoms with Crippen LogP contribution in [0.4, 0.5) is 0 Å². The molecule has 3 N–H and O–H groups in total. The normalized spacial score (nSPS) is 10.6. The lowest BCUT2D eigenvalue weighted by molar-refractivity contribution is -0.115. The van der Waals surface area contributed by atoms with Gasteiger partial charge < -0.3 is 0 Å². The zero-order valence-electron chi connectivity index (χ0n) is 5.42.